The molecule has 30 heavy (non-hydrogen) atoms. The van der Waals surface area contributed by atoms with Crippen molar-refractivity contribution in [2.24, 2.45) is 5.73 Å². The molecule has 0 bridgehead atoms. The van der Waals surface area contributed by atoms with Gasteiger partial charge in [-0.05, 0) is 5.56 Å². The number of nitrogens with one attached hydrogen (secondary N) is 3. The van der Waals surface area contributed by atoms with Crippen molar-refractivity contribution >= 4 is 23.8 Å². The van der Waals surface area contributed by atoms with Gasteiger partial charge in [0.15, 0.2) is 0 Å². The summed E-state index contributed by atoms with van der Waals surface area (Å²) in [6.07, 6.45) is 2.26. The standard InChI is InChI=1S/C19H23N5O6/c20-13(7-12-9-21-10-22-12)17(27)23-14(8-16(25)26)18(28)24-15(19(29)30)6-11-4-2-1-3-5-11/h1-5,9-10,13-15H,6-8,20H2,(H,21,22)(H,23,27)(H,24,28)(H,25,26)(H,29,30)/t13-,14-,15-/m0/s1. The highest BCUT2D eigenvalue weighted by Crippen LogP contribution is 2.05. The first kappa shape index (κ1) is 22.6. The van der Waals surface area contributed by atoms with E-state index < -0.39 is 48.3 Å². The zero-order valence-corrected chi connectivity index (χ0v) is 15.9. The number of carbonyl (C=O) groups is 4. The third kappa shape index (κ3) is 7.02. The fourth-order valence-electron chi connectivity index (χ4n) is 2.71. The average molecular weight is 417 g/mol. The molecule has 0 spiro atoms. The largest absolute Gasteiger partial charge is 0.481 e. The van der Waals surface area contributed by atoms with Gasteiger partial charge in [-0.15, -0.1) is 0 Å². The topological polar surface area (TPSA) is 188 Å². The zero-order chi connectivity index (χ0) is 22.1. The van der Waals surface area contributed by atoms with E-state index in [1.807, 2.05) is 0 Å². The van der Waals surface area contributed by atoms with Crippen LogP contribution in [0, 0.1) is 0 Å². The second-order valence-corrected chi connectivity index (χ2v) is 6.64. The molecule has 0 saturated carbocycles. The summed E-state index contributed by atoms with van der Waals surface area (Å²) in [5.74, 6) is -4.31. The minimum absolute atomic E-state index is 0.00497. The monoisotopic (exact) mass is 417 g/mol. The van der Waals surface area contributed by atoms with Crippen molar-refractivity contribution < 1.29 is 29.4 Å². The molecule has 2 rings (SSSR count). The van der Waals surface area contributed by atoms with Crippen LogP contribution >= 0.6 is 0 Å². The summed E-state index contributed by atoms with van der Waals surface area (Å²) >= 11 is 0. The lowest BCUT2D eigenvalue weighted by Gasteiger charge is -2.22. The third-order valence-corrected chi connectivity index (χ3v) is 4.24. The van der Waals surface area contributed by atoms with Crippen molar-refractivity contribution in [2.45, 2.75) is 37.4 Å². The number of carboxylic acids is 2. The number of carboxylic acid groups (broad SMARTS) is 2. The molecular formula is C19H23N5O6. The van der Waals surface area contributed by atoms with E-state index in [9.17, 15) is 24.3 Å². The van der Waals surface area contributed by atoms with E-state index in [1.165, 1.54) is 12.5 Å². The summed E-state index contributed by atoms with van der Waals surface area (Å²) in [6, 6.07) is 4.78. The van der Waals surface area contributed by atoms with Gasteiger partial charge in [0, 0.05) is 24.7 Å². The van der Waals surface area contributed by atoms with Crippen LogP contribution in [-0.4, -0.2) is 62.1 Å². The van der Waals surface area contributed by atoms with Gasteiger partial charge in [0.25, 0.3) is 0 Å². The van der Waals surface area contributed by atoms with Gasteiger partial charge in [0.1, 0.15) is 12.1 Å². The first-order valence-corrected chi connectivity index (χ1v) is 9.08. The lowest BCUT2D eigenvalue weighted by atomic mass is 10.0. The Hall–Kier alpha value is -3.73. The molecule has 0 aliphatic carbocycles. The van der Waals surface area contributed by atoms with Crippen LogP contribution in [0.3, 0.4) is 0 Å². The summed E-state index contributed by atoms with van der Waals surface area (Å²) in [5, 5.41) is 23.1. The molecule has 11 heteroatoms. The van der Waals surface area contributed by atoms with E-state index in [-0.39, 0.29) is 12.8 Å². The molecule has 3 atom stereocenters. The Morgan fingerprint density at radius 3 is 2.23 bits per heavy atom. The van der Waals surface area contributed by atoms with Crippen LogP contribution in [-0.2, 0) is 32.0 Å². The number of rotatable bonds is 11. The SMILES string of the molecule is N[C@@H](Cc1cnc[nH]1)C(=O)N[C@@H](CC(=O)O)C(=O)N[C@@H](Cc1ccccc1)C(=O)O. The number of nitrogens with two attached hydrogens (primary N) is 1. The summed E-state index contributed by atoms with van der Waals surface area (Å²) in [7, 11) is 0. The van der Waals surface area contributed by atoms with Gasteiger partial charge >= 0.3 is 11.9 Å². The van der Waals surface area contributed by atoms with E-state index in [0.29, 0.717) is 11.3 Å². The minimum atomic E-state index is -1.49. The van der Waals surface area contributed by atoms with Crippen LogP contribution in [0.5, 0.6) is 0 Å². The van der Waals surface area contributed by atoms with Crippen LogP contribution < -0.4 is 16.4 Å². The number of aromatic nitrogens is 2. The maximum atomic E-state index is 12.5. The molecule has 0 aliphatic rings. The van der Waals surface area contributed by atoms with Gasteiger partial charge in [0.05, 0.1) is 18.8 Å². The van der Waals surface area contributed by atoms with Gasteiger partial charge in [-0.2, -0.15) is 0 Å². The second kappa shape index (κ2) is 10.7. The van der Waals surface area contributed by atoms with Crippen LogP contribution in [0.15, 0.2) is 42.9 Å². The molecule has 1 aromatic carbocycles. The van der Waals surface area contributed by atoms with Crippen molar-refractivity contribution in [1.82, 2.24) is 20.6 Å². The van der Waals surface area contributed by atoms with Crippen LogP contribution in [0.25, 0.3) is 0 Å². The molecule has 160 valence electrons. The fraction of sp³-hybridized carbons (Fsp3) is 0.316. The first-order chi connectivity index (χ1) is 14.3. The summed E-state index contributed by atoms with van der Waals surface area (Å²) < 4.78 is 0. The fourth-order valence-corrected chi connectivity index (χ4v) is 2.71. The Morgan fingerprint density at radius 2 is 1.67 bits per heavy atom. The molecule has 7 N–H and O–H groups in total. The normalized spacial score (nSPS) is 13.6. The van der Waals surface area contributed by atoms with Crippen molar-refractivity contribution in [3.05, 3.63) is 54.1 Å². The van der Waals surface area contributed by atoms with Crippen LogP contribution in [0.4, 0.5) is 0 Å². The number of H-pyrrole nitrogens is 1. The summed E-state index contributed by atoms with van der Waals surface area (Å²) in [4.78, 5) is 54.1. The highest BCUT2D eigenvalue weighted by atomic mass is 16.4. The molecule has 1 aromatic heterocycles. The molecule has 0 unspecified atom stereocenters. The van der Waals surface area contributed by atoms with E-state index in [4.69, 9.17) is 10.8 Å². The Balaban J connectivity index is 2.04. The van der Waals surface area contributed by atoms with Crippen molar-refractivity contribution in [3.8, 4) is 0 Å². The van der Waals surface area contributed by atoms with E-state index in [2.05, 4.69) is 20.6 Å². The predicted octanol–water partition coefficient (Wildman–Crippen LogP) is -0.949. The smallest absolute Gasteiger partial charge is 0.326 e. The van der Waals surface area contributed by atoms with Gasteiger partial charge < -0.3 is 31.6 Å². The summed E-state index contributed by atoms with van der Waals surface area (Å²) in [6.45, 7) is 0. The predicted molar refractivity (Wildman–Crippen MR) is 104 cm³/mol. The Morgan fingerprint density at radius 1 is 1.00 bits per heavy atom. The maximum absolute atomic E-state index is 12.5. The van der Waals surface area contributed by atoms with Crippen molar-refractivity contribution in [1.29, 1.82) is 0 Å². The lowest BCUT2D eigenvalue weighted by Crippen LogP contribution is -2.55. The molecule has 0 radical (unpaired) electrons. The minimum Gasteiger partial charge on any atom is -0.481 e. The van der Waals surface area contributed by atoms with Crippen LogP contribution in [0.1, 0.15) is 17.7 Å². The van der Waals surface area contributed by atoms with E-state index in [1.54, 1.807) is 30.3 Å². The number of imidazole rings is 1. The first-order valence-electron chi connectivity index (χ1n) is 9.08. The highest BCUT2D eigenvalue weighted by Gasteiger charge is 2.29. The van der Waals surface area contributed by atoms with Gasteiger partial charge in [-0.1, -0.05) is 30.3 Å². The Labute approximate surface area is 171 Å². The maximum Gasteiger partial charge on any atom is 0.326 e. The van der Waals surface area contributed by atoms with Crippen molar-refractivity contribution in [3.63, 3.8) is 0 Å². The van der Waals surface area contributed by atoms with E-state index in [0.717, 1.165) is 0 Å². The molecule has 1 heterocycles. The number of aromatic amines is 1. The summed E-state index contributed by atoms with van der Waals surface area (Å²) in [5.41, 5.74) is 7.07. The second-order valence-electron chi connectivity index (χ2n) is 6.64. The highest BCUT2D eigenvalue weighted by molar-refractivity contribution is 5.94. The molecule has 2 amide bonds. The number of hydrogen-bond acceptors (Lipinski definition) is 6. The molecule has 0 fully saturated rings. The third-order valence-electron chi connectivity index (χ3n) is 4.24. The Kier molecular flexibility index (Phi) is 8.06. The lowest BCUT2D eigenvalue weighted by molar-refractivity contribution is -0.143. The molecule has 2 aromatic rings. The number of benzene rings is 1. The number of nitrogens with zero attached hydrogens (tertiary/aromatic N) is 1. The zero-order valence-electron chi connectivity index (χ0n) is 15.9. The Bertz CT molecular complexity index is 871. The number of carbonyl (C=O) groups excluding carboxylic acids is 2. The van der Waals surface area contributed by atoms with E-state index >= 15 is 0 Å². The van der Waals surface area contributed by atoms with Gasteiger partial charge in [-0.3, -0.25) is 14.4 Å². The molecular weight excluding hydrogens is 394 g/mol. The molecule has 0 saturated heterocycles. The van der Waals surface area contributed by atoms with Gasteiger partial charge in [0.2, 0.25) is 11.8 Å². The number of aliphatic carboxylic acids is 2. The van der Waals surface area contributed by atoms with Gasteiger partial charge in [-0.25, -0.2) is 9.78 Å². The molecule has 11 nitrogen and oxygen atoms in total. The molecule has 0 aliphatic heterocycles. The quantitative estimate of drug-likeness (QED) is 0.270. The number of hydrogen-bond donors (Lipinski definition) is 6. The van der Waals surface area contributed by atoms with Crippen molar-refractivity contribution in [2.75, 3.05) is 0 Å². The number of amides is 2. The van der Waals surface area contributed by atoms with Crippen LogP contribution in [0.2, 0.25) is 0 Å². The average Bonchev–Trinajstić information content (AvgIpc) is 3.20.